The summed E-state index contributed by atoms with van der Waals surface area (Å²) in [6.07, 6.45) is 3.88. The molecular formula is C12H19NS. The van der Waals surface area contributed by atoms with Crippen molar-refractivity contribution in [2.75, 3.05) is 0 Å². The van der Waals surface area contributed by atoms with E-state index < -0.39 is 0 Å². The van der Waals surface area contributed by atoms with Crippen LogP contribution >= 0.6 is 11.3 Å². The average molecular weight is 209 g/mol. The molecule has 0 N–H and O–H groups in total. The van der Waals surface area contributed by atoms with Crippen molar-refractivity contribution in [3.8, 4) is 0 Å². The number of hydrogen-bond donors (Lipinski definition) is 0. The second-order valence-electron chi connectivity index (χ2n) is 5.21. The van der Waals surface area contributed by atoms with Crippen LogP contribution in [-0.2, 0) is 11.8 Å². The lowest BCUT2D eigenvalue weighted by molar-refractivity contribution is 0.583. The Morgan fingerprint density at radius 3 is 2.43 bits per heavy atom. The molecule has 1 aliphatic rings. The van der Waals surface area contributed by atoms with E-state index in [1.807, 2.05) is 11.3 Å². The first-order chi connectivity index (χ1) is 6.52. The van der Waals surface area contributed by atoms with Gasteiger partial charge in [0.2, 0.25) is 0 Å². The third-order valence-corrected chi connectivity index (χ3v) is 4.30. The molecule has 0 aliphatic heterocycles. The van der Waals surface area contributed by atoms with Crippen LogP contribution in [0.15, 0.2) is 0 Å². The Kier molecular flexibility index (Phi) is 2.42. The second kappa shape index (κ2) is 3.34. The molecule has 1 nitrogen and oxygen atoms in total. The van der Waals surface area contributed by atoms with Crippen molar-refractivity contribution in [3.63, 3.8) is 0 Å². The molecule has 0 amide bonds. The minimum Gasteiger partial charge on any atom is -0.245 e. The van der Waals surface area contributed by atoms with E-state index in [1.54, 1.807) is 0 Å². The zero-order valence-corrected chi connectivity index (χ0v) is 10.4. The molecule has 1 heterocycles. The van der Waals surface area contributed by atoms with E-state index in [4.69, 9.17) is 4.98 Å². The van der Waals surface area contributed by atoms with Gasteiger partial charge < -0.3 is 0 Å². The molecule has 1 saturated carbocycles. The molecule has 78 valence electrons. The Hall–Kier alpha value is -0.370. The fourth-order valence-corrected chi connectivity index (χ4v) is 2.76. The summed E-state index contributed by atoms with van der Waals surface area (Å²) in [4.78, 5) is 6.36. The van der Waals surface area contributed by atoms with Gasteiger partial charge in [-0.3, -0.25) is 0 Å². The summed E-state index contributed by atoms with van der Waals surface area (Å²) in [6.45, 7) is 9.00. The fourth-order valence-electron chi connectivity index (χ4n) is 1.61. The minimum atomic E-state index is 0.224. The van der Waals surface area contributed by atoms with Crippen LogP contribution in [0.25, 0.3) is 0 Å². The lowest BCUT2D eigenvalue weighted by atomic mass is 9.98. The molecule has 0 atom stereocenters. The van der Waals surface area contributed by atoms with Crippen LogP contribution in [0, 0.1) is 0 Å². The Bertz CT molecular complexity index is 329. The lowest BCUT2D eigenvalue weighted by Crippen LogP contribution is -2.10. The molecular weight excluding hydrogens is 190 g/mol. The zero-order chi connectivity index (χ0) is 10.3. The number of nitrogens with zero attached hydrogens (tertiary/aromatic N) is 1. The molecule has 0 aromatic carbocycles. The summed E-state index contributed by atoms with van der Waals surface area (Å²) in [5, 5.41) is 1.32. The average Bonchev–Trinajstić information content (AvgIpc) is 2.82. The third kappa shape index (κ3) is 1.85. The summed E-state index contributed by atoms with van der Waals surface area (Å²) < 4.78 is 0. The maximum Gasteiger partial charge on any atom is 0.0984 e. The summed E-state index contributed by atoms with van der Waals surface area (Å²) in [5.74, 6) is 0.803. The quantitative estimate of drug-likeness (QED) is 0.720. The van der Waals surface area contributed by atoms with Crippen LogP contribution in [0.4, 0.5) is 0 Å². The number of aromatic nitrogens is 1. The highest BCUT2D eigenvalue weighted by Crippen LogP contribution is 2.44. The van der Waals surface area contributed by atoms with E-state index in [0.717, 1.165) is 12.3 Å². The second-order valence-corrected chi connectivity index (χ2v) is 6.29. The number of aryl methyl sites for hydroxylation is 1. The van der Waals surface area contributed by atoms with Crippen LogP contribution in [0.5, 0.6) is 0 Å². The van der Waals surface area contributed by atoms with Gasteiger partial charge in [0, 0.05) is 16.2 Å². The maximum atomic E-state index is 4.83. The highest BCUT2D eigenvalue weighted by molar-refractivity contribution is 7.11. The highest BCUT2D eigenvalue weighted by Gasteiger charge is 2.31. The number of thiazole rings is 1. The van der Waals surface area contributed by atoms with Crippen molar-refractivity contribution in [1.29, 1.82) is 0 Å². The van der Waals surface area contributed by atoms with Crippen LogP contribution in [-0.4, -0.2) is 4.98 Å². The Labute approximate surface area is 90.6 Å². The van der Waals surface area contributed by atoms with E-state index in [2.05, 4.69) is 27.7 Å². The largest absolute Gasteiger partial charge is 0.245 e. The standard InChI is InChI=1S/C12H19NS/c1-5-9-10(8-6-7-8)13-11(14-9)12(2,3)4/h8H,5-7H2,1-4H3. The van der Waals surface area contributed by atoms with Gasteiger partial charge in [-0.2, -0.15) is 0 Å². The van der Waals surface area contributed by atoms with Crippen LogP contribution in [0.3, 0.4) is 0 Å². The highest BCUT2D eigenvalue weighted by atomic mass is 32.1. The van der Waals surface area contributed by atoms with Gasteiger partial charge >= 0.3 is 0 Å². The Morgan fingerprint density at radius 2 is 2.00 bits per heavy atom. The smallest absolute Gasteiger partial charge is 0.0984 e. The molecule has 1 aliphatic carbocycles. The molecule has 1 aromatic rings. The molecule has 0 radical (unpaired) electrons. The summed E-state index contributed by atoms with van der Waals surface area (Å²) in [5.41, 5.74) is 1.64. The first-order valence-corrected chi connectivity index (χ1v) is 6.34. The van der Waals surface area contributed by atoms with Crippen molar-refractivity contribution in [2.24, 2.45) is 0 Å². The van der Waals surface area contributed by atoms with Gasteiger partial charge in [0.05, 0.1) is 10.7 Å². The summed E-state index contributed by atoms with van der Waals surface area (Å²) >= 11 is 1.92. The molecule has 0 spiro atoms. The topological polar surface area (TPSA) is 12.9 Å². The third-order valence-electron chi connectivity index (χ3n) is 2.65. The minimum absolute atomic E-state index is 0.224. The Balaban J connectivity index is 2.35. The SMILES string of the molecule is CCc1sc(C(C)(C)C)nc1C1CC1. The molecule has 0 saturated heterocycles. The van der Waals surface area contributed by atoms with E-state index in [1.165, 1.54) is 28.4 Å². The molecule has 14 heavy (non-hydrogen) atoms. The van der Waals surface area contributed by atoms with Gasteiger partial charge in [0.15, 0.2) is 0 Å². The molecule has 2 rings (SSSR count). The lowest BCUT2D eigenvalue weighted by Gasteiger charge is -2.13. The molecule has 1 fully saturated rings. The predicted molar refractivity (Wildman–Crippen MR) is 62.2 cm³/mol. The Morgan fingerprint density at radius 1 is 1.36 bits per heavy atom. The first-order valence-electron chi connectivity index (χ1n) is 5.52. The number of rotatable bonds is 2. The van der Waals surface area contributed by atoms with Gasteiger partial charge in [0.1, 0.15) is 0 Å². The van der Waals surface area contributed by atoms with Gasteiger partial charge in [-0.05, 0) is 19.3 Å². The van der Waals surface area contributed by atoms with E-state index in [-0.39, 0.29) is 5.41 Å². The van der Waals surface area contributed by atoms with E-state index in [9.17, 15) is 0 Å². The number of hydrogen-bond acceptors (Lipinski definition) is 2. The molecule has 0 bridgehead atoms. The molecule has 0 unspecified atom stereocenters. The summed E-state index contributed by atoms with van der Waals surface area (Å²) in [7, 11) is 0. The van der Waals surface area contributed by atoms with Gasteiger partial charge in [-0.25, -0.2) is 4.98 Å². The van der Waals surface area contributed by atoms with Crippen LogP contribution in [0.2, 0.25) is 0 Å². The van der Waals surface area contributed by atoms with E-state index >= 15 is 0 Å². The van der Waals surface area contributed by atoms with Gasteiger partial charge in [0.25, 0.3) is 0 Å². The van der Waals surface area contributed by atoms with Crippen molar-refractivity contribution < 1.29 is 0 Å². The fraction of sp³-hybridized carbons (Fsp3) is 0.750. The predicted octanol–water partition coefficient (Wildman–Crippen LogP) is 3.88. The van der Waals surface area contributed by atoms with Crippen LogP contribution in [0.1, 0.15) is 62.0 Å². The maximum absolute atomic E-state index is 4.83. The van der Waals surface area contributed by atoms with Crippen molar-refractivity contribution in [1.82, 2.24) is 4.98 Å². The first kappa shape index (κ1) is 10.2. The zero-order valence-electron chi connectivity index (χ0n) is 9.55. The van der Waals surface area contributed by atoms with Crippen LogP contribution < -0.4 is 0 Å². The van der Waals surface area contributed by atoms with Gasteiger partial charge in [-0.1, -0.05) is 27.7 Å². The normalized spacial score (nSPS) is 17.4. The van der Waals surface area contributed by atoms with Gasteiger partial charge in [-0.15, -0.1) is 11.3 Å². The monoisotopic (exact) mass is 209 g/mol. The molecule has 1 aromatic heterocycles. The molecule has 2 heteroatoms. The summed E-state index contributed by atoms with van der Waals surface area (Å²) in [6, 6.07) is 0. The van der Waals surface area contributed by atoms with E-state index in [0.29, 0.717) is 0 Å². The van der Waals surface area contributed by atoms with Crippen molar-refractivity contribution >= 4 is 11.3 Å². The van der Waals surface area contributed by atoms with Crippen molar-refractivity contribution in [2.45, 2.75) is 58.3 Å². The van der Waals surface area contributed by atoms with Crippen molar-refractivity contribution in [3.05, 3.63) is 15.6 Å².